The van der Waals surface area contributed by atoms with Crippen LogP contribution in [0.25, 0.3) is 0 Å². The number of ketones is 1. The number of para-hydroxylation sites is 1. The van der Waals surface area contributed by atoms with Gasteiger partial charge in [0.2, 0.25) is 0 Å². The molecular formula is C25H25NO. The molecule has 1 aliphatic heterocycles. The number of benzene rings is 3. The molecule has 0 aliphatic carbocycles. The SMILES string of the molecule is O=C(CCc1ccccc1)CC1c2ccccc2CCN1c1ccccc1. The summed E-state index contributed by atoms with van der Waals surface area (Å²) in [4.78, 5) is 15.3. The molecule has 0 fully saturated rings. The molecule has 27 heavy (non-hydrogen) atoms. The van der Waals surface area contributed by atoms with Crippen molar-refractivity contribution in [2.24, 2.45) is 0 Å². The first kappa shape index (κ1) is 17.5. The van der Waals surface area contributed by atoms with Crippen molar-refractivity contribution in [1.82, 2.24) is 0 Å². The fourth-order valence-corrected chi connectivity index (χ4v) is 4.05. The highest BCUT2D eigenvalue weighted by atomic mass is 16.1. The van der Waals surface area contributed by atoms with E-state index in [1.807, 2.05) is 24.3 Å². The number of hydrogen-bond acceptors (Lipinski definition) is 2. The van der Waals surface area contributed by atoms with Crippen molar-refractivity contribution in [3.63, 3.8) is 0 Å². The molecule has 0 aromatic heterocycles. The Morgan fingerprint density at radius 3 is 2.30 bits per heavy atom. The minimum absolute atomic E-state index is 0.126. The second-order valence-corrected chi connectivity index (χ2v) is 7.22. The van der Waals surface area contributed by atoms with Crippen LogP contribution in [0.3, 0.4) is 0 Å². The molecule has 4 rings (SSSR count). The van der Waals surface area contributed by atoms with E-state index in [2.05, 4.69) is 65.6 Å². The number of hydrogen-bond donors (Lipinski definition) is 0. The van der Waals surface area contributed by atoms with Crippen LogP contribution in [-0.4, -0.2) is 12.3 Å². The van der Waals surface area contributed by atoms with E-state index in [1.54, 1.807) is 0 Å². The summed E-state index contributed by atoms with van der Waals surface area (Å²) in [7, 11) is 0. The summed E-state index contributed by atoms with van der Waals surface area (Å²) < 4.78 is 0. The monoisotopic (exact) mass is 355 g/mol. The first-order chi connectivity index (χ1) is 13.3. The molecular weight excluding hydrogens is 330 g/mol. The summed E-state index contributed by atoms with van der Waals surface area (Å²) in [5.74, 6) is 0.335. The van der Waals surface area contributed by atoms with Gasteiger partial charge >= 0.3 is 0 Å². The van der Waals surface area contributed by atoms with Crippen LogP contribution < -0.4 is 4.90 Å². The summed E-state index contributed by atoms with van der Waals surface area (Å²) in [5, 5.41) is 0. The predicted octanol–water partition coefficient (Wildman–Crippen LogP) is 5.38. The molecule has 1 heterocycles. The highest BCUT2D eigenvalue weighted by Gasteiger charge is 2.29. The van der Waals surface area contributed by atoms with Crippen molar-refractivity contribution in [3.8, 4) is 0 Å². The second kappa shape index (κ2) is 8.22. The van der Waals surface area contributed by atoms with E-state index in [0.29, 0.717) is 18.6 Å². The van der Waals surface area contributed by atoms with Gasteiger partial charge in [0.25, 0.3) is 0 Å². The Bertz CT molecular complexity index is 888. The van der Waals surface area contributed by atoms with Crippen molar-refractivity contribution < 1.29 is 4.79 Å². The molecule has 2 nitrogen and oxygen atoms in total. The Kier molecular flexibility index (Phi) is 5.34. The van der Waals surface area contributed by atoms with Gasteiger partial charge in [-0.15, -0.1) is 0 Å². The molecule has 0 bridgehead atoms. The summed E-state index contributed by atoms with van der Waals surface area (Å²) in [6, 6.07) is 29.5. The van der Waals surface area contributed by atoms with Gasteiger partial charge in [-0.3, -0.25) is 4.79 Å². The van der Waals surface area contributed by atoms with Gasteiger partial charge in [-0.25, -0.2) is 0 Å². The van der Waals surface area contributed by atoms with Gasteiger partial charge in [0.1, 0.15) is 5.78 Å². The zero-order chi connectivity index (χ0) is 18.5. The normalized spacial score (nSPS) is 16.0. The number of Topliss-reactive ketones (excluding diaryl/α,β-unsaturated/α-hetero) is 1. The van der Waals surface area contributed by atoms with E-state index in [1.165, 1.54) is 22.4 Å². The minimum atomic E-state index is 0.126. The lowest BCUT2D eigenvalue weighted by Crippen LogP contribution is -2.36. The predicted molar refractivity (Wildman–Crippen MR) is 111 cm³/mol. The Morgan fingerprint density at radius 2 is 1.52 bits per heavy atom. The fourth-order valence-electron chi connectivity index (χ4n) is 4.05. The maximum absolute atomic E-state index is 12.8. The molecule has 0 saturated heterocycles. The third kappa shape index (κ3) is 4.11. The Hall–Kier alpha value is -2.87. The summed E-state index contributed by atoms with van der Waals surface area (Å²) in [5.41, 5.74) is 5.12. The van der Waals surface area contributed by atoms with Gasteiger partial charge in [-0.1, -0.05) is 72.8 Å². The van der Waals surface area contributed by atoms with Crippen LogP contribution in [0.2, 0.25) is 0 Å². The molecule has 0 radical (unpaired) electrons. The standard InChI is InChI=1S/C25H25NO/c27-23(16-15-20-9-3-1-4-10-20)19-25-24-14-8-7-11-21(24)17-18-26(25)22-12-5-2-6-13-22/h1-14,25H,15-19H2. The van der Waals surface area contributed by atoms with Crippen LogP contribution in [0, 0.1) is 0 Å². The molecule has 0 saturated carbocycles. The van der Waals surface area contributed by atoms with Crippen molar-refractivity contribution in [2.45, 2.75) is 31.7 Å². The first-order valence-corrected chi connectivity index (χ1v) is 9.76. The van der Waals surface area contributed by atoms with E-state index < -0.39 is 0 Å². The third-order valence-electron chi connectivity index (χ3n) is 5.46. The molecule has 3 aromatic carbocycles. The van der Waals surface area contributed by atoms with Crippen LogP contribution in [-0.2, 0) is 17.6 Å². The van der Waals surface area contributed by atoms with Crippen LogP contribution in [0.1, 0.15) is 35.6 Å². The van der Waals surface area contributed by atoms with Crippen molar-refractivity contribution in [1.29, 1.82) is 0 Å². The maximum Gasteiger partial charge on any atom is 0.135 e. The van der Waals surface area contributed by atoms with Gasteiger partial charge in [-0.2, -0.15) is 0 Å². The molecule has 0 N–H and O–H groups in total. The molecule has 3 aromatic rings. The Balaban J connectivity index is 1.53. The van der Waals surface area contributed by atoms with Gasteiger partial charge < -0.3 is 4.90 Å². The highest BCUT2D eigenvalue weighted by Crippen LogP contribution is 2.36. The van der Waals surface area contributed by atoms with Gasteiger partial charge in [0, 0.05) is 25.1 Å². The molecule has 2 heteroatoms. The van der Waals surface area contributed by atoms with E-state index >= 15 is 0 Å². The lowest BCUT2D eigenvalue weighted by atomic mass is 9.88. The van der Waals surface area contributed by atoms with Crippen molar-refractivity contribution in [3.05, 3.63) is 102 Å². The summed E-state index contributed by atoms with van der Waals surface area (Å²) >= 11 is 0. The quantitative estimate of drug-likeness (QED) is 0.591. The number of anilines is 1. The van der Waals surface area contributed by atoms with Crippen LogP contribution >= 0.6 is 0 Å². The Morgan fingerprint density at radius 1 is 0.852 bits per heavy atom. The zero-order valence-electron chi connectivity index (χ0n) is 15.6. The average Bonchev–Trinajstić information content (AvgIpc) is 2.74. The van der Waals surface area contributed by atoms with E-state index in [9.17, 15) is 4.79 Å². The lowest BCUT2D eigenvalue weighted by molar-refractivity contribution is -0.119. The largest absolute Gasteiger partial charge is 0.364 e. The van der Waals surface area contributed by atoms with E-state index in [4.69, 9.17) is 0 Å². The van der Waals surface area contributed by atoms with E-state index in [-0.39, 0.29) is 6.04 Å². The zero-order valence-corrected chi connectivity index (χ0v) is 15.6. The average molecular weight is 355 g/mol. The molecule has 1 unspecified atom stereocenters. The van der Waals surface area contributed by atoms with Crippen molar-refractivity contribution in [2.75, 3.05) is 11.4 Å². The number of rotatable bonds is 6. The molecule has 136 valence electrons. The van der Waals surface area contributed by atoms with Crippen LogP contribution in [0.5, 0.6) is 0 Å². The lowest BCUT2D eigenvalue weighted by Gasteiger charge is -2.39. The maximum atomic E-state index is 12.8. The van der Waals surface area contributed by atoms with Gasteiger partial charge in [-0.05, 0) is 41.7 Å². The number of aryl methyl sites for hydroxylation is 1. The molecule has 1 aliphatic rings. The third-order valence-corrected chi connectivity index (χ3v) is 5.46. The molecule has 1 atom stereocenters. The molecule has 0 amide bonds. The van der Waals surface area contributed by atoms with Crippen LogP contribution in [0.4, 0.5) is 5.69 Å². The van der Waals surface area contributed by atoms with Crippen molar-refractivity contribution >= 4 is 11.5 Å². The molecule has 0 spiro atoms. The number of fused-ring (bicyclic) bond motifs is 1. The fraction of sp³-hybridized carbons (Fsp3) is 0.240. The number of nitrogens with zero attached hydrogens (tertiary/aromatic N) is 1. The van der Waals surface area contributed by atoms with Gasteiger partial charge in [0.05, 0.1) is 6.04 Å². The summed E-state index contributed by atoms with van der Waals surface area (Å²) in [6.45, 7) is 0.956. The number of carbonyl (C=O) groups is 1. The van der Waals surface area contributed by atoms with E-state index in [0.717, 1.165) is 19.4 Å². The minimum Gasteiger partial charge on any atom is -0.364 e. The Labute approximate surface area is 161 Å². The van der Waals surface area contributed by atoms with Crippen LogP contribution in [0.15, 0.2) is 84.9 Å². The second-order valence-electron chi connectivity index (χ2n) is 7.22. The first-order valence-electron chi connectivity index (χ1n) is 9.76. The summed E-state index contributed by atoms with van der Waals surface area (Å²) in [6.07, 6.45) is 3.02. The number of carbonyl (C=O) groups excluding carboxylic acids is 1. The highest BCUT2D eigenvalue weighted by molar-refractivity contribution is 5.80. The van der Waals surface area contributed by atoms with Gasteiger partial charge in [0.15, 0.2) is 0 Å². The topological polar surface area (TPSA) is 20.3 Å². The smallest absolute Gasteiger partial charge is 0.135 e.